The van der Waals surface area contributed by atoms with Gasteiger partial charge in [-0.15, -0.1) is 0 Å². The van der Waals surface area contributed by atoms with Crippen molar-refractivity contribution in [3.8, 4) is 0 Å². The van der Waals surface area contributed by atoms with E-state index in [1.54, 1.807) is 0 Å². The van der Waals surface area contributed by atoms with Crippen LogP contribution >= 0.6 is 0 Å². The largest absolute Gasteiger partial charge is 2.00 e. The topological polar surface area (TPSA) is 62.6 Å². The van der Waals surface area contributed by atoms with E-state index in [2.05, 4.69) is 31.6 Å². The SMILES string of the molecule is [O-2].[O]=[Co].[O]=[Cu].[Zn+2]. The van der Waals surface area contributed by atoms with Gasteiger partial charge >= 0.3 is 58.8 Å². The molecule has 6 heteroatoms. The molecule has 0 aromatic rings. The summed E-state index contributed by atoms with van der Waals surface area (Å²) in [4.78, 5) is 0. The van der Waals surface area contributed by atoms with Gasteiger partial charge in [0.2, 0.25) is 0 Å². The van der Waals surface area contributed by atoms with Gasteiger partial charge in [0.15, 0.2) is 0 Å². The Balaban J connectivity index is -0.00000000500. The summed E-state index contributed by atoms with van der Waals surface area (Å²) in [5, 5.41) is 0. The van der Waals surface area contributed by atoms with Crippen molar-refractivity contribution in [3.05, 3.63) is 0 Å². The molecular formula is CoCuO3Zn. The molecule has 0 aliphatic carbocycles. The van der Waals surface area contributed by atoms with Crippen LogP contribution in [0.1, 0.15) is 0 Å². The van der Waals surface area contributed by atoms with Crippen molar-refractivity contribution in [2.45, 2.75) is 0 Å². The smallest absolute Gasteiger partial charge is 2.00 e. The zero-order chi connectivity index (χ0) is 4.00. The first kappa shape index (κ1) is 27.0. The zero-order valence-electron chi connectivity index (χ0n) is 2.57. The van der Waals surface area contributed by atoms with Crippen LogP contribution in [0.3, 0.4) is 0 Å². The molecule has 0 fully saturated rings. The third kappa shape index (κ3) is 63.1. The second-order valence-corrected chi connectivity index (χ2v) is 0. The Morgan fingerprint density at radius 1 is 1.17 bits per heavy atom. The van der Waals surface area contributed by atoms with Gasteiger partial charge in [0.25, 0.3) is 0 Å². The normalized spacial score (nSPS) is 1.83. The van der Waals surface area contributed by atoms with Crippen LogP contribution in [0.4, 0.5) is 0 Å². The third-order valence-electron chi connectivity index (χ3n) is 0. The first-order valence-electron chi connectivity index (χ1n) is 0.259. The van der Waals surface area contributed by atoms with Gasteiger partial charge in [-0.2, -0.15) is 0 Å². The summed E-state index contributed by atoms with van der Waals surface area (Å²) in [6.45, 7) is 0. The van der Waals surface area contributed by atoms with Gasteiger partial charge in [-0.3, -0.25) is 0 Å². The van der Waals surface area contributed by atoms with Crippen molar-refractivity contribution < 1.29 is 64.3 Å². The molecule has 0 bridgehead atoms. The Kier molecular flexibility index (Phi) is 518. The van der Waals surface area contributed by atoms with Crippen LogP contribution < -0.4 is 0 Å². The molecule has 0 atom stereocenters. The molecule has 0 saturated carbocycles. The second-order valence-electron chi connectivity index (χ2n) is 0. The van der Waals surface area contributed by atoms with Crippen molar-refractivity contribution in [3.63, 3.8) is 0 Å². The fourth-order valence-electron chi connectivity index (χ4n) is 0. The summed E-state index contributed by atoms with van der Waals surface area (Å²) < 4.78 is 15.8. The predicted molar refractivity (Wildman–Crippen MR) is 2.06 cm³/mol. The summed E-state index contributed by atoms with van der Waals surface area (Å²) in [7, 11) is 0. The van der Waals surface area contributed by atoms with E-state index in [4.69, 9.17) is 7.70 Å². The molecule has 0 aliphatic rings. The van der Waals surface area contributed by atoms with Crippen molar-refractivity contribution in [1.82, 2.24) is 0 Å². The molecule has 0 N–H and O–H groups in total. The molecule has 6 heavy (non-hydrogen) atoms. The number of hydrogen-bond donors (Lipinski definition) is 0. The van der Waals surface area contributed by atoms with E-state index in [0.29, 0.717) is 0 Å². The molecule has 40 valence electrons. The predicted octanol–water partition coefficient (Wildman–Crippen LogP) is -0.364. The molecule has 0 radical (unpaired) electrons. The molecule has 0 spiro atoms. The first-order valence-corrected chi connectivity index (χ1v) is 1.07. The molecule has 0 aliphatic heterocycles. The van der Waals surface area contributed by atoms with E-state index in [1.807, 2.05) is 0 Å². The van der Waals surface area contributed by atoms with Crippen LogP contribution in [0, 0.1) is 0 Å². The van der Waals surface area contributed by atoms with Gasteiger partial charge < -0.3 is 5.48 Å². The van der Waals surface area contributed by atoms with Gasteiger partial charge in [0, 0.05) is 0 Å². The Labute approximate surface area is 64.1 Å². The maximum absolute atomic E-state index is 7.94. The summed E-state index contributed by atoms with van der Waals surface area (Å²) in [5.41, 5.74) is 0. The second kappa shape index (κ2) is 115. The fourth-order valence-corrected chi connectivity index (χ4v) is 0. The van der Waals surface area contributed by atoms with E-state index in [0.717, 1.165) is 0 Å². The van der Waals surface area contributed by atoms with Gasteiger partial charge in [0.05, 0.1) is 0 Å². The Morgan fingerprint density at radius 2 is 1.17 bits per heavy atom. The zero-order valence-corrected chi connectivity index (χ0v) is 7.52. The van der Waals surface area contributed by atoms with E-state index < -0.39 is 0 Å². The van der Waals surface area contributed by atoms with Crippen LogP contribution in [0.15, 0.2) is 0 Å². The summed E-state index contributed by atoms with van der Waals surface area (Å²) in [6, 6.07) is 0. The standard InChI is InChI=1S/Co.Cu.3O.Zn/q;;;;-2;+2. The Hall–Kier alpha value is 1.21. The van der Waals surface area contributed by atoms with Crippen molar-refractivity contribution in [2.75, 3.05) is 0 Å². The number of rotatable bonds is 0. The average molecular weight is 236 g/mol. The molecular weight excluding hydrogens is 236 g/mol. The monoisotopic (exact) mass is 234 g/mol. The van der Waals surface area contributed by atoms with E-state index in [1.165, 1.54) is 0 Å². The maximum Gasteiger partial charge on any atom is 2.00 e. The van der Waals surface area contributed by atoms with Crippen LogP contribution in [0.5, 0.6) is 0 Å². The minimum Gasteiger partial charge on any atom is 2.00 e. The van der Waals surface area contributed by atoms with Gasteiger partial charge in [0.1, 0.15) is 0 Å². The molecule has 0 saturated heterocycles. The molecule has 0 rings (SSSR count). The summed E-state index contributed by atoms with van der Waals surface area (Å²) in [5.74, 6) is 0. The van der Waals surface area contributed by atoms with Crippen molar-refractivity contribution >= 4 is 0 Å². The van der Waals surface area contributed by atoms with Crippen LogP contribution in [-0.4, -0.2) is 0 Å². The summed E-state index contributed by atoms with van der Waals surface area (Å²) in [6.07, 6.45) is 0. The molecule has 0 aromatic heterocycles. The minimum atomic E-state index is 0. The van der Waals surface area contributed by atoms with Crippen LogP contribution in [0.25, 0.3) is 0 Å². The van der Waals surface area contributed by atoms with E-state index in [-0.39, 0.29) is 25.0 Å². The summed E-state index contributed by atoms with van der Waals surface area (Å²) >= 11 is 5.25. The van der Waals surface area contributed by atoms with Crippen LogP contribution in [-0.2, 0) is 64.3 Å². The fraction of sp³-hybridized carbons (Fsp3) is 0. The maximum atomic E-state index is 7.94. The van der Waals surface area contributed by atoms with Crippen LogP contribution in [0.2, 0.25) is 0 Å². The third-order valence-corrected chi connectivity index (χ3v) is 0. The number of hydrogen-bond acceptors (Lipinski definition) is 2. The quantitative estimate of drug-likeness (QED) is 0.539. The molecule has 0 unspecified atom stereocenters. The Morgan fingerprint density at radius 3 is 1.17 bits per heavy atom. The average Bonchev–Trinajstić information content (AvgIpc) is 1.50. The molecule has 3 nitrogen and oxygen atoms in total. The Bertz CT molecular complexity index is 12.8. The van der Waals surface area contributed by atoms with Crippen molar-refractivity contribution in [2.24, 2.45) is 0 Å². The molecule has 0 heterocycles. The van der Waals surface area contributed by atoms with Gasteiger partial charge in [-0.05, 0) is 0 Å². The van der Waals surface area contributed by atoms with E-state index in [9.17, 15) is 0 Å². The first-order chi connectivity index (χ1) is 2.00. The minimum absolute atomic E-state index is 0. The molecule has 0 aromatic carbocycles. The van der Waals surface area contributed by atoms with Crippen molar-refractivity contribution in [1.29, 1.82) is 0 Å². The van der Waals surface area contributed by atoms with Gasteiger partial charge in [-0.1, -0.05) is 0 Å². The van der Waals surface area contributed by atoms with Gasteiger partial charge in [-0.25, -0.2) is 0 Å². The van der Waals surface area contributed by atoms with E-state index >= 15 is 0 Å². The molecule has 0 amide bonds.